The predicted molar refractivity (Wildman–Crippen MR) is 126 cm³/mol. The Morgan fingerprint density at radius 1 is 0.679 bits per heavy atom. The maximum Gasteiger partial charge on any atom is 0.0830 e. The number of aromatic amines is 4. The molecule has 0 bridgehead atoms. The van der Waals surface area contributed by atoms with E-state index < -0.39 is 0 Å². The van der Waals surface area contributed by atoms with Crippen LogP contribution < -0.4 is 15.9 Å². The van der Waals surface area contributed by atoms with E-state index >= 15 is 0 Å². The Hall–Kier alpha value is -1.63. The fourth-order valence-corrected chi connectivity index (χ4v) is 4.51. The normalized spacial score (nSPS) is 11.4. The first-order valence-electron chi connectivity index (χ1n) is 9.13. The summed E-state index contributed by atoms with van der Waals surface area (Å²) in [5, 5.41) is 12.8. The van der Waals surface area contributed by atoms with E-state index in [0.717, 1.165) is 36.3 Å². The molecule has 146 valence electrons. The molecule has 0 radical (unpaired) electrons. The van der Waals surface area contributed by atoms with Gasteiger partial charge in [0, 0.05) is 65.3 Å². The van der Waals surface area contributed by atoms with E-state index in [1.165, 1.54) is 38.7 Å². The number of nitrogens with one attached hydrogen (secondary N) is 4. The molecule has 0 aliphatic heterocycles. The van der Waals surface area contributed by atoms with Crippen molar-refractivity contribution in [2.45, 2.75) is 25.9 Å². The highest BCUT2D eigenvalue weighted by atomic mass is 31.0. The zero-order valence-electron chi connectivity index (χ0n) is 15.5. The molecule has 5 N–H and O–H groups in total. The van der Waals surface area contributed by atoms with Gasteiger partial charge >= 0.3 is 0 Å². The van der Waals surface area contributed by atoms with Crippen molar-refractivity contribution < 1.29 is 5.11 Å². The van der Waals surface area contributed by atoms with Crippen LogP contribution in [0.3, 0.4) is 0 Å². The maximum atomic E-state index is 9.20. The van der Waals surface area contributed by atoms with Gasteiger partial charge in [0.05, 0.1) is 6.61 Å². The monoisotopic (exact) mass is 430 g/mol. The van der Waals surface area contributed by atoms with Crippen LogP contribution in [0.1, 0.15) is 39.9 Å². The lowest BCUT2D eigenvalue weighted by molar-refractivity contribution is 0.277. The van der Waals surface area contributed by atoms with Crippen molar-refractivity contribution in [1.82, 2.24) is 19.9 Å². The molecular formula is C20H25N4OP3. The molecule has 4 rings (SSSR count). The van der Waals surface area contributed by atoms with Crippen molar-refractivity contribution >= 4 is 43.6 Å². The van der Waals surface area contributed by atoms with Crippen LogP contribution in [0.2, 0.25) is 0 Å². The largest absolute Gasteiger partial charge is 0.390 e. The van der Waals surface area contributed by atoms with Crippen molar-refractivity contribution in [2.75, 3.05) is 0 Å². The molecular weight excluding hydrogens is 405 g/mol. The van der Waals surface area contributed by atoms with Gasteiger partial charge in [0.25, 0.3) is 0 Å². The summed E-state index contributed by atoms with van der Waals surface area (Å²) < 4.78 is 0. The van der Waals surface area contributed by atoms with Crippen LogP contribution >= 0.6 is 27.7 Å². The summed E-state index contributed by atoms with van der Waals surface area (Å²) in [6.07, 6.45) is 4.47. The average Bonchev–Trinajstić information content (AvgIpc) is 3.41. The second-order valence-electron chi connectivity index (χ2n) is 7.11. The SMILES string of the molecule is OCc1ccc(Cc2cc(P)c(Cc3cc(P)c(Cc4cc(P)c[nH]4)[nH]3)[nH]2)[nH]1. The van der Waals surface area contributed by atoms with Gasteiger partial charge in [0.1, 0.15) is 0 Å². The van der Waals surface area contributed by atoms with E-state index in [0.29, 0.717) is 0 Å². The molecule has 5 nitrogen and oxygen atoms in total. The first-order valence-corrected chi connectivity index (χ1v) is 10.9. The summed E-state index contributed by atoms with van der Waals surface area (Å²) in [6.45, 7) is 0.0399. The standard InChI is InChI=1S/C20H25N4OP3/c25-10-12-2-1-11(22-12)3-14-7-19(27)18(23-14)6-15-8-20(28)17(24-15)5-13-4-16(26)9-21-13/h1-2,4,7-9,21-25H,3,5-6,10,26-28H2. The minimum absolute atomic E-state index is 0.0399. The summed E-state index contributed by atoms with van der Waals surface area (Å²) in [6, 6.07) is 10.5. The van der Waals surface area contributed by atoms with E-state index in [-0.39, 0.29) is 6.61 Å². The number of aliphatic hydroxyl groups excluding tert-OH is 1. The summed E-state index contributed by atoms with van der Waals surface area (Å²) in [7, 11) is 8.38. The number of aliphatic hydroxyl groups is 1. The van der Waals surface area contributed by atoms with E-state index in [9.17, 15) is 5.11 Å². The van der Waals surface area contributed by atoms with E-state index in [1.54, 1.807) is 0 Å². The molecule has 4 heterocycles. The van der Waals surface area contributed by atoms with Crippen LogP contribution in [-0.2, 0) is 25.9 Å². The van der Waals surface area contributed by atoms with Gasteiger partial charge in [-0.25, -0.2) is 0 Å². The lowest BCUT2D eigenvalue weighted by Gasteiger charge is -2.00. The molecule has 0 amide bonds. The third kappa shape index (κ3) is 4.50. The third-order valence-corrected chi connectivity index (χ3v) is 6.20. The Morgan fingerprint density at radius 2 is 1.29 bits per heavy atom. The molecule has 3 atom stereocenters. The molecule has 0 aliphatic rings. The van der Waals surface area contributed by atoms with Gasteiger partial charge in [-0.1, -0.05) is 0 Å². The Morgan fingerprint density at radius 3 is 1.86 bits per heavy atom. The van der Waals surface area contributed by atoms with Gasteiger partial charge in [-0.05, 0) is 46.2 Å². The fraction of sp³-hybridized carbons (Fsp3) is 0.200. The summed E-state index contributed by atoms with van der Waals surface area (Å²) in [4.78, 5) is 13.7. The van der Waals surface area contributed by atoms with Crippen molar-refractivity contribution in [3.63, 3.8) is 0 Å². The number of aromatic nitrogens is 4. The first-order chi connectivity index (χ1) is 13.5. The van der Waals surface area contributed by atoms with E-state index in [2.05, 4.69) is 65.9 Å². The van der Waals surface area contributed by atoms with Crippen molar-refractivity contribution in [2.24, 2.45) is 0 Å². The third-order valence-electron chi connectivity index (χ3n) is 4.84. The van der Waals surface area contributed by atoms with Gasteiger partial charge in [0.15, 0.2) is 0 Å². The van der Waals surface area contributed by atoms with Crippen LogP contribution in [0.4, 0.5) is 0 Å². The topological polar surface area (TPSA) is 83.4 Å². The molecule has 0 aromatic carbocycles. The second-order valence-corrected chi connectivity index (χ2v) is 9.02. The lowest BCUT2D eigenvalue weighted by atomic mass is 10.2. The minimum atomic E-state index is 0.0399. The second kappa shape index (κ2) is 8.39. The Bertz CT molecular complexity index is 1090. The van der Waals surface area contributed by atoms with Crippen LogP contribution in [0.15, 0.2) is 36.5 Å². The molecule has 0 spiro atoms. The maximum absolute atomic E-state index is 9.20. The highest BCUT2D eigenvalue weighted by molar-refractivity contribution is 7.28. The van der Waals surface area contributed by atoms with Crippen LogP contribution in [0.25, 0.3) is 0 Å². The van der Waals surface area contributed by atoms with Crippen molar-refractivity contribution in [3.05, 3.63) is 76.4 Å². The predicted octanol–water partition coefficient (Wildman–Crippen LogP) is 1.76. The highest BCUT2D eigenvalue weighted by Gasteiger charge is 2.11. The van der Waals surface area contributed by atoms with E-state index in [4.69, 9.17) is 0 Å². The molecule has 0 fully saturated rings. The molecule has 4 aromatic rings. The Balaban J connectivity index is 1.47. The van der Waals surface area contributed by atoms with Crippen LogP contribution in [-0.4, -0.2) is 25.0 Å². The van der Waals surface area contributed by atoms with Gasteiger partial charge in [-0.15, -0.1) is 27.7 Å². The van der Waals surface area contributed by atoms with E-state index in [1.807, 2.05) is 18.3 Å². The quantitative estimate of drug-likeness (QED) is 0.285. The molecule has 4 aromatic heterocycles. The smallest absolute Gasteiger partial charge is 0.0830 e. The number of rotatable bonds is 7. The van der Waals surface area contributed by atoms with Crippen LogP contribution in [0.5, 0.6) is 0 Å². The zero-order valence-corrected chi connectivity index (χ0v) is 18.9. The van der Waals surface area contributed by atoms with Gasteiger partial charge < -0.3 is 25.0 Å². The number of H-pyrrole nitrogens is 4. The zero-order chi connectivity index (χ0) is 19.7. The highest BCUT2D eigenvalue weighted by Crippen LogP contribution is 2.15. The van der Waals surface area contributed by atoms with Gasteiger partial charge in [-0.2, -0.15) is 0 Å². The molecule has 0 saturated heterocycles. The molecule has 8 heteroatoms. The molecule has 28 heavy (non-hydrogen) atoms. The summed E-state index contributed by atoms with van der Waals surface area (Å²) >= 11 is 0. The van der Waals surface area contributed by atoms with Gasteiger partial charge in [0.2, 0.25) is 0 Å². The molecule has 0 saturated carbocycles. The molecule has 0 aliphatic carbocycles. The van der Waals surface area contributed by atoms with Gasteiger partial charge in [-0.3, -0.25) is 0 Å². The number of hydrogen-bond donors (Lipinski definition) is 5. The number of hydrogen-bond acceptors (Lipinski definition) is 1. The van der Waals surface area contributed by atoms with Crippen molar-refractivity contribution in [3.8, 4) is 0 Å². The summed E-state index contributed by atoms with van der Waals surface area (Å²) in [5.74, 6) is 0. The minimum Gasteiger partial charge on any atom is -0.390 e. The Labute approximate surface area is 171 Å². The van der Waals surface area contributed by atoms with Crippen LogP contribution in [0, 0.1) is 0 Å². The fourth-order valence-electron chi connectivity index (χ4n) is 3.47. The summed E-state index contributed by atoms with van der Waals surface area (Å²) in [5.41, 5.74) is 7.89. The Kier molecular flexibility index (Phi) is 5.90. The first kappa shape index (κ1) is 19.7. The van der Waals surface area contributed by atoms with Crippen molar-refractivity contribution in [1.29, 1.82) is 0 Å². The lowest BCUT2D eigenvalue weighted by Crippen LogP contribution is -2.00. The molecule has 3 unspecified atom stereocenters. The average molecular weight is 430 g/mol.